The lowest BCUT2D eigenvalue weighted by Gasteiger charge is -2.30. The van der Waals surface area contributed by atoms with Gasteiger partial charge in [0.1, 0.15) is 36.0 Å². The Labute approximate surface area is 331 Å². The van der Waals surface area contributed by atoms with E-state index in [1.165, 1.54) is 19.1 Å². The van der Waals surface area contributed by atoms with E-state index >= 15 is 0 Å². The summed E-state index contributed by atoms with van der Waals surface area (Å²) in [6, 6.07) is 6.93. The van der Waals surface area contributed by atoms with Gasteiger partial charge in [0, 0.05) is 6.42 Å². The number of rotatable bonds is 23. The Balaban J connectivity index is 2.28. The summed E-state index contributed by atoms with van der Waals surface area (Å²) in [5.74, 6) is -7.93. The molecule has 0 radical (unpaired) electrons. The van der Waals surface area contributed by atoms with Crippen molar-refractivity contribution in [2.75, 3.05) is 6.54 Å². The average molecular weight is 797 g/mol. The fraction of sp³-hybridized carbons (Fsp3) is 0.487. The maximum Gasteiger partial charge on any atom is 0.305 e. The van der Waals surface area contributed by atoms with Gasteiger partial charge >= 0.3 is 5.97 Å². The molecule has 2 rings (SSSR count). The lowest BCUT2D eigenvalue weighted by molar-refractivity contribution is -0.141. The topological polar surface area (TPSA) is 301 Å². The van der Waals surface area contributed by atoms with Crippen molar-refractivity contribution < 1.29 is 48.6 Å². The highest BCUT2D eigenvalue weighted by atomic mass is 16.4. The van der Waals surface area contributed by atoms with Crippen LogP contribution in [0.2, 0.25) is 0 Å². The number of nitrogens with two attached hydrogens (primary N) is 2. The van der Waals surface area contributed by atoms with Crippen molar-refractivity contribution >= 4 is 47.3 Å². The molecule has 0 saturated carbocycles. The average Bonchev–Trinajstić information content (AvgIpc) is 3.17. The van der Waals surface area contributed by atoms with Gasteiger partial charge in [-0.25, -0.2) is 0 Å². The van der Waals surface area contributed by atoms with E-state index in [-0.39, 0.29) is 18.6 Å². The molecule has 0 saturated heterocycles. The van der Waals surface area contributed by atoms with Gasteiger partial charge in [-0.1, -0.05) is 83.0 Å². The summed E-state index contributed by atoms with van der Waals surface area (Å²) in [5.41, 5.74) is 12.5. The molecule has 2 unspecified atom stereocenters. The van der Waals surface area contributed by atoms with Crippen molar-refractivity contribution in [2.24, 2.45) is 23.3 Å². The number of aliphatic carboxylic acids is 1. The first-order valence-corrected chi connectivity index (χ1v) is 18.7. The zero-order valence-electron chi connectivity index (χ0n) is 32.9. The first-order valence-electron chi connectivity index (χ1n) is 18.7. The Morgan fingerprint density at radius 1 is 0.614 bits per heavy atom. The quantitative estimate of drug-likeness (QED) is 0.0659. The van der Waals surface area contributed by atoms with Crippen molar-refractivity contribution in [1.29, 1.82) is 0 Å². The number of carbonyl (C=O) groups excluding carboxylic acids is 7. The Morgan fingerprint density at radius 3 is 1.67 bits per heavy atom. The Morgan fingerprint density at radius 2 is 1.12 bits per heavy atom. The number of phenolic OH excluding ortho intramolecular Hbond substituents is 1. The third kappa shape index (κ3) is 15.9. The highest BCUT2D eigenvalue weighted by Crippen LogP contribution is 2.14. The minimum atomic E-state index is -1.72. The molecule has 0 aliphatic heterocycles. The molecule has 0 heterocycles. The van der Waals surface area contributed by atoms with Crippen LogP contribution in [-0.4, -0.2) is 100 Å². The van der Waals surface area contributed by atoms with Crippen LogP contribution in [0.15, 0.2) is 54.6 Å². The number of phenols is 1. The molecular formula is C39H56N8O10. The van der Waals surface area contributed by atoms with E-state index < -0.39 is 108 Å². The number of nitrogens with one attached hydrogen (secondary N) is 6. The highest BCUT2D eigenvalue weighted by Gasteiger charge is 2.36. The predicted octanol–water partition coefficient (Wildman–Crippen LogP) is -0.883. The number of benzene rings is 2. The SMILES string of the molecule is CCC(C)[C@H](NC(=O)[C@H](CC(=O)O)NC(=O)[C@H](Cc1ccccc1)NC(=O)[C@@H](C)NC(=O)[C@@H](N)Cc1ccc(O)cc1)C(=O)N[C@H](C(=O)NCC(N)=O)C(C)CC. The summed E-state index contributed by atoms with van der Waals surface area (Å²) in [4.78, 5) is 103. The number of carboxylic acids is 1. The monoisotopic (exact) mass is 796 g/mol. The summed E-state index contributed by atoms with van der Waals surface area (Å²) in [7, 11) is 0. The van der Waals surface area contributed by atoms with Crippen LogP contribution in [-0.2, 0) is 51.2 Å². The lowest BCUT2D eigenvalue weighted by atomic mass is 9.94. The van der Waals surface area contributed by atoms with Crippen LogP contribution in [0.25, 0.3) is 0 Å². The molecule has 18 nitrogen and oxygen atoms in total. The van der Waals surface area contributed by atoms with E-state index in [9.17, 15) is 48.6 Å². The van der Waals surface area contributed by atoms with Gasteiger partial charge in [-0.15, -0.1) is 0 Å². The molecular weight excluding hydrogens is 740 g/mol. The Bertz CT molecular complexity index is 1710. The van der Waals surface area contributed by atoms with Crippen LogP contribution < -0.4 is 43.4 Å². The fourth-order valence-electron chi connectivity index (χ4n) is 5.56. The molecule has 0 spiro atoms. The maximum atomic E-state index is 13.8. The van der Waals surface area contributed by atoms with Crippen LogP contribution in [0.3, 0.4) is 0 Å². The summed E-state index contributed by atoms with van der Waals surface area (Å²) < 4.78 is 0. The van der Waals surface area contributed by atoms with Crippen molar-refractivity contribution in [3.63, 3.8) is 0 Å². The Hall–Kier alpha value is -6.04. The van der Waals surface area contributed by atoms with Crippen LogP contribution in [0, 0.1) is 11.8 Å². The smallest absolute Gasteiger partial charge is 0.305 e. The Kier molecular flexibility index (Phi) is 19.1. The summed E-state index contributed by atoms with van der Waals surface area (Å²) in [6.45, 7) is 7.83. The number of hydrogen-bond acceptors (Lipinski definition) is 10. The largest absolute Gasteiger partial charge is 0.508 e. The molecule has 0 bridgehead atoms. The first-order chi connectivity index (χ1) is 26.9. The van der Waals surface area contributed by atoms with E-state index in [0.29, 0.717) is 24.0 Å². The van der Waals surface area contributed by atoms with E-state index in [0.717, 1.165) is 0 Å². The molecule has 8 atom stereocenters. The molecule has 12 N–H and O–H groups in total. The van der Waals surface area contributed by atoms with Crippen molar-refractivity contribution in [3.8, 4) is 5.75 Å². The lowest BCUT2D eigenvalue weighted by Crippen LogP contribution is -2.61. The second kappa shape index (κ2) is 23.1. The van der Waals surface area contributed by atoms with E-state index in [1.807, 2.05) is 0 Å². The zero-order valence-corrected chi connectivity index (χ0v) is 32.9. The molecule has 0 fully saturated rings. The molecule has 0 aromatic heterocycles. The highest BCUT2D eigenvalue weighted by molar-refractivity contribution is 5.98. The molecule has 2 aromatic carbocycles. The van der Waals surface area contributed by atoms with E-state index in [1.54, 1.807) is 70.2 Å². The van der Waals surface area contributed by atoms with Crippen molar-refractivity contribution in [3.05, 3.63) is 65.7 Å². The number of aromatic hydroxyl groups is 1. The van der Waals surface area contributed by atoms with Gasteiger partial charge in [0.2, 0.25) is 41.4 Å². The van der Waals surface area contributed by atoms with Gasteiger partial charge in [0.15, 0.2) is 0 Å². The van der Waals surface area contributed by atoms with E-state index in [2.05, 4.69) is 31.9 Å². The number of hydrogen-bond donors (Lipinski definition) is 10. The summed E-state index contributed by atoms with van der Waals surface area (Å²) >= 11 is 0. The second-order valence-electron chi connectivity index (χ2n) is 14.0. The predicted molar refractivity (Wildman–Crippen MR) is 209 cm³/mol. The summed E-state index contributed by atoms with van der Waals surface area (Å²) in [5, 5.41) is 34.2. The van der Waals surface area contributed by atoms with Gasteiger partial charge in [-0.2, -0.15) is 0 Å². The molecule has 0 aliphatic rings. The van der Waals surface area contributed by atoms with Crippen LogP contribution in [0.5, 0.6) is 5.75 Å². The van der Waals surface area contributed by atoms with Gasteiger partial charge in [0.25, 0.3) is 0 Å². The standard InChI is InChI=1S/C39H56N8O10/c1-6-21(3)32(38(56)42-20-30(41)49)47-39(57)33(22(4)7-2)46-37(55)29(19-31(50)51)45-36(54)28(18-24-11-9-8-10-12-24)44-34(52)23(5)43-35(53)27(40)17-25-13-15-26(48)16-14-25/h8-16,21-23,27-29,32-33,48H,6-7,17-20,40H2,1-5H3,(H2,41,49)(H,42,56)(H,43,53)(H,44,52)(H,45,54)(H,46,55)(H,47,57)(H,50,51)/t21?,22?,23-,27+,28+,29+,32+,33+/m1/s1. The van der Waals surface area contributed by atoms with Gasteiger partial charge in [-0.05, 0) is 48.4 Å². The van der Waals surface area contributed by atoms with E-state index in [4.69, 9.17) is 11.5 Å². The second-order valence-corrected chi connectivity index (χ2v) is 14.0. The zero-order chi connectivity index (χ0) is 42.8. The number of carboxylic acid groups (broad SMARTS) is 1. The molecule has 2 aromatic rings. The molecule has 0 aliphatic carbocycles. The maximum absolute atomic E-state index is 13.8. The van der Waals surface area contributed by atoms with Crippen molar-refractivity contribution in [2.45, 2.75) is 103 Å². The minimum absolute atomic E-state index is 0.0436. The third-order valence-corrected chi connectivity index (χ3v) is 9.43. The first kappa shape index (κ1) is 47.1. The summed E-state index contributed by atoms with van der Waals surface area (Å²) in [6.07, 6.45) is -0.0423. The number of carbonyl (C=O) groups is 8. The molecule has 312 valence electrons. The van der Waals surface area contributed by atoms with Crippen LogP contribution in [0.4, 0.5) is 0 Å². The third-order valence-electron chi connectivity index (χ3n) is 9.43. The van der Waals surface area contributed by atoms with Gasteiger partial charge in [-0.3, -0.25) is 38.4 Å². The number of primary amides is 1. The van der Waals surface area contributed by atoms with Gasteiger partial charge in [0.05, 0.1) is 19.0 Å². The number of amides is 7. The molecule has 57 heavy (non-hydrogen) atoms. The molecule has 18 heteroatoms. The minimum Gasteiger partial charge on any atom is -0.508 e. The van der Waals surface area contributed by atoms with Crippen molar-refractivity contribution in [1.82, 2.24) is 31.9 Å². The fourth-order valence-corrected chi connectivity index (χ4v) is 5.56. The van der Waals surface area contributed by atoms with Gasteiger partial charge < -0.3 is 53.6 Å². The normalized spacial score (nSPS) is 15.1. The van der Waals surface area contributed by atoms with Crippen LogP contribution in [0.1, 0.15) is 65.0 Å². The van der Waals surface area contributed by atoms with Crippen LogP contribution >= 0.6 is 0 Å². The molecule has 7 amide bonds.